The van der Waals surface area contributed by atoms with E-state index in [1.165, 1.54) is 18.4 Å². The van der Waals surface area contributed by atoms with Gasteiger partial charge in [-0.25, -0.2) is 4.98 Å². The first kappa shape index (κ1) is 15.4. The molecule has 0 bridgehead atoms. The molecule has 1 aromatic heterocycles. The number of nitrogens with one attached hydrogen (secondary N) is 1. The lowest BCUT2D eigenvalue weighted by molar-refractivity contribution is -0.139. The van der Waals surface area contributed by atoms with Crippen LogP contribution in [0.2, 0.25) is 15.1 Å². The fourth-order valence-corrected chi connectivity index (χ4v) is 2.72. The maximum Gasteiger partial charge on any atom is 0.311 e. The number of anilines is 2. The van der Waals surface area contributed by atoms with Gasteiger partial charge in [0.15, 0.2) is 5.13 Å². The molecule has 0 unspecified atom stereocenters. The van der Waals surface area contributed by atoms with Gasteiger partial charge in [0, 0.05) is 5.38 Å². The molecule has 2 aromatic rings. The number of aromatic nitrogens is 1. The molecule has 106 valence electrons. The smallest absolute Gasteiger partial charge is 0.311 e. The van der Waals surface area contributed by atoms with E-state index in [9.17, 15) is 4.79 Å². The maximum atomic E-state index is 11.2. The Morgan fingerprint density at radius 1 is 1.30 bits per heavy atom. The van der Waals surface area contributed by atoms with Gasteiger partial charge in [-0.2, -0.15) is 0 Å². The van der Waals surface area contributed by atoms with Gasteiger partial charge in [-0.1, -0.05) is 34.8 Å². The highest BCUT2D eigenvalue weighted by molar-refractivity contribution is 7.13. The SMILES string of the molecule is COC(=O)Cc1csc(Nc2cc(Cl)c(Cl)cc2Cl)n1. The van der Waals surface area contributed by atoms with E-state index in [0.29, 0.717) is 31.6 Å². The molecule has 0 fully saturated rings. The first-order chi connectivity index (χ1) is 9.49. The second-order valence-electron chi connectivity index (χ2n) is 3.77. The molecular weight excluding hydrogens is 343 g/mol. The standard InChI is InChI=1S/C12H9Cl3N2O2S/c1-19-11(18)2-6-5-20-12(16-6)17-10-4-8(14)7(13)3-9(10)15/h3-5H,2H2,1H3,(H,16,17). The van der Waals surface area contributed by atoms with Gasteiger partial charge in [-0.3, -0.25) is 4.79 Å². The van der Waals surface area contributed by atoms with E-state index in [4.69, 9.17) is 34.8 Å². The summed E-state index contributed by atoms with van der Waals surface area (Å²) in [5.41, 5.74) is 1.22. The Morgan fingerprint density at radius 2 is 2.00 bits per heavy atom. The Kier molecular flexibility index (Phi) is 5.10. The molecular formula is C12H9Cl3N2O2S. The van der Waals surface area contributed by atoms with Crippen molar-refractivity contribution in [1.82, 2.24) is 4.98 Å². The molecule has 0 radical (unpaired) electrons. The van der Waals surface area contributed by atoms with E-state index in [-0.39, 0.29) is 12.4 Å². The average Bonchev–Trinajstić information content (AvgIpc) is 2.83. The third-order valence-corrected chi connectivity index (χ3v) is 4.20. The normalized spacial score (nSPS) is 10.4. The largest absolute Gasteiger partial charge is 0.469 e. The highest BCUT2D eigenvalue weighted by Crippen LogP contribution is 2.34. The molecule has 1 aromatic carbocycles. The number of carbonyl (C=O) groups excluding carboxylic acids is 1. The van der Waals surface area contributed by atoms with Crippen LogP contribution in [0.5, 0.6) is 0 Å². The van der Waals surface area contributed by atoms with Gasteiger partial charge in [0.25, 0.3) is 0 Å². The summed E-state index contributed by atoms with van der Waals surface area (Å²) < 4.78 is 4.58. The topological polar surface area (TPSA) is 51.2 Å². The Bertz CT molecular complexity index is 646. The summed E-state index contributed by atoms with van der Waals surface area (Å²) in [6, 6.07) is 3.17. The molecule has 0 aliphatic carbocycles. The number of halogens is 3. The number of methoxy groups -OCH3 is 1. The van der Waals surface area contributed by atoms with E-state index in [1.807, 2.05) is 0 Å². The van der Waals surface area contributed by atoms with Crippen molar-refractivity contribution in [3.05, 3.63) is 38.3 Å². The summed E-state index contributed by atoms with van der Waals surface area (Å²) in [5.74, 6) is -0.339. The summed E-state index contributed by atoms with van der Waals surface area (Å²) in [7, 11) is 1.34. The molecule has 1 N–H and O–H groups in total. The Hall–Kier alpha value is -1.01. The predicted octanol–water partition coefficient (Wildman–Crippen LogP) is 4.56. The summed E-state index contributed by atoms with van der Waals surface area (Å²) in [6.45, 7) is 0. The zero-order chi connectivity index (χ0) is 14.7. The maximum absolute atomic E-state index is 11.2. The molecule has 0 atom stereocenters. The number of rotatable bonds is 4. The Balaban J connectivity index is 2.14. The first-order valence-corrected chi connectivity index (χ1v) is 7.43. The van der Waals surface area contributed by atoms with Crippen LogP contribution in [0.4, 0.5) is 10.8 Å². The molecule has 0 amide bonds. The third kappa shape index (κ3) is 3.76. The number of hydrogen-bond donors (Lipinski definition) is 1. The summed E-state index contributed by atoms with van der Waals surface area (Å²) in [6.07, 6.45) is 0.129. The number of ether oxygens (including phenoxy) is 1. The second-order valence-corrected chi connectivity index (χ2v) is 5.85. The zero-order valence-corrected chi connectivity index (χ0v) is 13.3. The molecule has 8 heteroatoms. The quantitative estimate of drug-likeness (QED) is 0.648. The van der Waals surface area contributed by atoms with Gasteiger partial charge in [0.05, 0.1) is 40.0 Å². The minimum Gasteiger partial charge on any atom is -0.469 e. The Labute approximate surface area is 134 Å². The van der Waals surface area contributed by atoms with Crippen LogP contribution in [0.15, 0.2) is 17.5 Å². The van der Waals surface area contributed by atoms with E-state index < -0.39 is 0 Å². The van der Waals surface area contributed by atoms with Gasteiger partial charge in [0.1, 0.15) is 0 Å². The van der Waals surface area contributed by atoms with Gasteiger partial charge < -0.3 is 10.1 Å². The van der Waals surface area contributed by atoms with Crippen LogP contribution in [0.25, 0.3) is 0 Å². The van der Waals surface area contributed by atoms with Gasteiger partial charge in [-0.15, -0.1) is 11.3 Å². The van der Waals surface area contributed by atoms with E-state index in [1.54, 1.807) is 17.5 Å². The highest BCUT2D eigenvalue weighted by Gasteiger charge is 2.10. The van der Waals surface area contributed by atoms with Crippen molar-refractivity contribution in [3.63, 3.8) is 0 Å². The lowest BCUT2D eigenvalue weighted by Gasteiger charge is -2.06. The number of carbonyl (C=O) groups is 1. The third-order valence-electron chi connectivity index (χ3n) is 2.36. The van der Waals surface area contributed by atoms with Crippen LogP contribution in [-0.4, -0.2) is 18.1 Å². The highest BCUT2D eigenvalue weighted by atomic mass is 35.5. The predicted molar refractivity (Wildman–Crippen MR) is 82.6 cm³/mol. The lowest BCUT2D eigenvalue weighted by atomic mass is 10.3. The summed E-state index contributed by atoms with van der Waals surface area (Å²) >= 11 is 19.2. The van der Waals surface area contributed by atoms with E-state index in [2.05, 4.69) is 15.0 Å². The fraction of sp³-hybridized carbons (Fsp3) is 0.167. The van der Waals surface area contributed by atoms with Crippen LogP contribution < -0.4 is 5.32 Å². The monoisotopic (exact) mass is 350 g/mol. The fourth-order valence-electron chi connectivity index (χ4n) is 1.40. The molecule has 4 nitrogen and oxygen atoms in total. The van der Waals surface area contributed by atoms with Gasteiger partial charge >= 0.3 is 5.97 Å². The molecule has 20 heavy (non-hydrogen) atoms. The van der Waals surface area contributed by atoms with Crippen molar-refractivity contribution in [2.45, 2.75) is 6.42 Å². The molecule has 0 aliphatic rings. The zero-order valence-electron chi connectivity index (χ0n) is 10.2. The van der Waals surface area contributed by atoms with Crippen LogP contribution in [0.3, 0.4) is 0 Å². The molecule has 0 spiro atoms. The number of thiazole rings is 1. The van der Waals surface area contributed by atoms with Gasteiger partial charge in [-0.05, 0) is 12.1 Å². The molecule has 0 saturated heterocycles. The number of nitrogens with zero attached hydrogens (tertiary/aromatic N) is 1. The number of benzene rings is 1. The van der Waals surface area contributed by atoms with Crippen molar-refractivity contribution in [1.29, 1.82) is 0 Å². The lowest BCUT2D eigenvalue weighted by Crippen LogP contribution is -2.04. The second kappa shape index (κ2) is 6.63. The number of esters is 1. The summed E-state index contributed by atoms with van der Waals surface area (Å²) in [5, 5.41) is 6.61. The van der Waals surface area contributed by atoms with Crippen molar-refractivity contribution < 1.29 is 9.53 Å². The van der Waals surface area contributed by atoms with Crippen molar-refractivity contribution >= 4 is 62.9 Å². The minimum absolute atomic E-state index is 0.129. The van der Waals surface area contributed by atoms with Crippen LogP contribution in [0.1, 0.15) is 5.69 Å². The first-order valence-electron chi connectivity index (χ1n) is 5.42. The molecule has 0 saturated carbocycles. The van der Waals surface area contributed by atoms with Crippen LogP contribution in [0, 0.1) is 0 Å². The minimum atomic E-state index is -0.339. The molecule has 2 rings (SSSR count). The Morgan fingerprint density at radius 3 is 2.70 bits per heavy atom. The van der Waals surface area contributed by atoms with Crippen molar-refractivity contribution in [2.24, 2.45) is 0 Å². The molecule has 1 heterocycles. The van der Waals surface area contributed by atoms with Gasteiger partial charge in [0.2, 0.25) is 0 Å². The van der Waals surface area contributed by atoms with Crippen molar-refractivity contribution in [3.8, 4) is 0 Å². The van der Waals surface area contributed by atoms with Crippen LogP contribution in [-0.2, 0) is 16.0 Å². The average molecular weight is 352 g/mol. The van der Waals surface area contributed by atoms with E-state index >= 15 is 0 Å². The van der Waals surface area contributed by atoms with E-state index in [0.717, 1.165) is 0 Å². The van der Waals surface area contributed by atoms with Crippen LogP contribution >= 0.6 is 46.1 Å². The molecule has 0 aliphatic heterocycles. The summed E-state index contributed by atoms with van der Waals surface area (Å²) in [4.78, 5) is 15.4. The number of hydrogen-bond acceptors (Lipinski definition) is 5. The van der Waals surface area contributed by atoms with Crippen molar-refractivity contribution in [2.75, 3.05) is 12.4 Å².